The van der Waals surface area contributed by atoms with E-state index in [1.54, 1.807) is 18.2 Å². The molecular weight excluding hydrogens is 382 g/mol. The van der Waals surface area contributed by atoms with Crippen LogP contribution in [0.15, 0.2) is 48.6 Å². The van der Waals surface area contributed by atoms with Crippen LogP contribution in [0.1, 0.15) is 23.1 Å². The molecule has 2 amide bonds. The predicted octanol–water partition coefficient (Wildman–Crippen LogP) is 3.88. The molecule has 6 heteroatoms. The Hall–Kier alpha value is -3.54. The third-order valence-corrected chi connectivity index (χ3v) is 4.98. The normalized spacial score (nSPS) is 13.9. The van der Waals surface area contributed by atoms with Crippen LogP contribution in [0.2, 0.25) is 0 Å². The molecule has 6 nitrogen and oxygen atoms in total. The summed E-state index contributed by atoms with van der Waals surface area (Å²) in [5.74, 6) is 0.802. The van der Waals surface area contributed by atoms with Crippen LogP contribution in [-0.4, -0.2) is 44.6 Å². The molecule has 1 aliphatic rings. The third kappa shape index (κ3) is 4.22. The van der Waals surface area contributed by atoms with E-state index in [1.807, 2.05) is 37.3 Å². The SMILES string of the molecule is COc1cc(C=CC(=O)N2CCC=C(c3ccccc3C)C2=O)cc(OC)c1OC. The highest BCUT2D eigenvalue weighted by atomic mass is 16.5. The van der Waals surface area contributed by atoms with Crippen LogP contribution in [0, 0.1) is 6.92 Å². The number of hydrogen-bond donors (Lipinski definition) is 0. The van der Waals surface area contributed by atoms with E-state index in [0.29, 0.717) is 41.4 Å². The van der Waals surface area contributed by atoms with Gasteiger partial charge in [-0.1, -0.05) is 30.3 Å². The number of aryl methyl sites for hydroxylation is 1. The Morgan fingerprint density at radius 1 is 1.03 bits per heavy atom. The van der Waals surface area contributed by atoms with Crippen molar-refractivity contribution < 1.29 is 23.8 Å². The van der Waals surface area contributed by atoms with Crippen LogP contribution < -0.4 is 14.2 Å². The molecule has 1 heterocycles. The Morgan fingerprint density at radius 3 is 2.30 bits per heavy atom. The molecule has 2 aromatic rings. The highest BCUT2D eigenvalue weighted by Gasteiger charge is 2.27. The van der Waals surface area contributed by atoms with Crippen LogP contribution >= 0.6 is 0 Å². The van der Waals surface area contributed by atoms with Crippen molar-refractivity contribution in [3.05, 3.63) is 65.2 Å². The van der Waals surface area contributed by atoms with Crippen LogP contribution in [-0.2, 0) is 9.59 Å². The molecule has 0 fully saturated rings. The number of benzene rings is 2. The Morgan fingerprint density at radius 2 is 1.70 bits per heavy atom. The number of rotatable bonds is 6. The molecule has 0 aromatic heterocycles. The quantitative estimate of drug-likeness (QED) is 0.680. The summed E-state index contributed by atoms with van der Waals surface area (Å²) in [6.07, 6.45) is 5.54. The minimum Gasteiger partial charge on any atom is -0.493 e. The van der Waals surface area contributed by atoms with E-state index < -0.39 is 0 Å². The highest BCUT2D eigenvalue weighted by Crippen LogP contribution is 2.38. The Labute approximate surface area is 176 Å². The first-order chi connectivity index (χ1) is 14.5. The minimum absolute atomic E-state index is 0.282. The predicted molar refractivity (Wildman–Crippen MR) is 116 cm³/mol. The number of carbonyl (C=O) groups excluding carboxylic acids is 2. The van der Waals surface area contributed by atoms with Gasteiger partial charge in [-0.2, -0.15) is 0 Å². The summed E-state index contributed by atoms with van der Waals surface area (Å²) in [5, 5.41) is 0. The van der Waals surface area contributed by atoms with E-state index in [9.17, 15) is 9.59 Å². The summed E-state index contributed by atoms with van der Waals surface area (Å²) in [4.78, 5) is 27.0. The molecule has 2 aromatic carbocycles. The molecule has 0 unspecified atom stereocenters. The van der Waals surface area contributed by atoms with Gasteiger partial charge in [-0.05, 0) is 48.2 Å². The van der Waals surface area contributed by atoms with Gasteiger partial charge in [-0.25, -0.2) is 0 Å². The molecule has 0 bridgehead atoms. The van der Waals surface area contributed by atoms with Crippen molar-refractivity contribution >= 4 is 23.5 Å². The van der Waals surface area contributed by atoms with Gasteiger partial charge in [0.1, 0.15) is 0 Å². The molecule has 30 heavy (non-hydrogen) atoms. The smallest absolute Gasteiger partial charge is 0.261 e. The molecule has 0 saturated heterocycles. The molecule has 156 valence electrons. The van der Waals surface area contributed by atoms with Gasteiger partial charge in [0.2, 0.25) is 5.75 Å². The zero-order valence-electron chi connectivity index (χ0n) is 17.6. The van der Waals surface area contributed by atoms with Crippen LogP contribution in [0.3, 0.4) is 0 Å². The average molecular weight is 407 g/mol. The summed E-state index contributed by atoms with van der Waals surface area (Å²) in [6.45, 7) is 2.31. The maximum Gasteiger partial charge on any atom is 0.261 e. The summed E-state index contributed by atoms with van der Waals surface area (Å²) in [5.41, 5.74) is 3.11. The molecule has 3 rings (SSSR count). The Bertz CT molecular complexity index is 997. The van der Waals surface area contributed by atoms with Gasteiger partial charge in [0, 0.05) is 18.2 Å². The van der Waals surface area contributed by atoms with Crippen LogP contribution in [0.5, 0.6) is 17.2 Å². The standard InChI is InChI=1S/C24H25NO5/c1-16-8-5-6-9-18(16)19-10-7-13-25(24(19)27)22(26)12-11-17-14-20(28-2)23(30-4)21(15-17)29-3/h5-6,8-12,14-15H,7,13H2,1-4H3. The summed E-state index contributed by atoms with van der Waals surface area (Å²) >= 11 is 0. The number of amides is 2. The van der Waals surface area contributed by atoms with E-state index in [0.717, 1.165) is 11.1 Å². The van der Waals surface area contributed by atoms with Gasteiger partial charge in [0.15, 0.2) is 11.5 Å². The third-order valence-electron chi connectivity index (χ3n) is 4.98. The van der Waals surface area contributed by atoms with E-state index in [4.69, 9.17) is 14.2 Å². The summed E-state index contributed by atoms with van der Waals surface area (Å²) < 4.78 is 16.0. The lowest BCUT2D eigenvalue weighted by molar-refractivity contribution is -0.138. The van der Waals surface area contributed by atoms with Crippen molar-refractivity contribution in [1.29, 1.82) is 0 Å². The van der Waals surface area contributed by atoms with Gasteiger partial charge in [0.05, 0.1) is 21.3 Å². The first-order valence-electron chi connectivity index (χ1n) is 9.60. The molecule has 0 aliphatic carbocycles. The number of hydrogen-bond acceptors (Lipinski definition) is 5. The van der Waals surface area contributed by atoms with E-state index in [1.165, 1.54) is 32.3 Å². The minimum atomic E-state index is -0.368. The highest BCUT2D eigenvalue weighted by molar-refractivity contribution is 6.25. The van der Waals surface area contributed by atoms with Crippen molar-refractivity contribution in [2.45, 2.75) is 13.3 Å². The molecular formula is C24H25NO5. The molecule has 0 spiro atoms. The second-order valence-corrected chi connectivity index (χ2v) is 6.81. The van der Waals surface area contributed by atoms with Crippen LogP contribution in [0.4, 0.5) is 0 Å². The fourth-order valence-corrected chi connectivity index (χ4v) is 3.44. The van der Waals surface area contributed by atoms with E-state index in [-0.39, 0.29) is 11.8 Å². The van der Waals surface area contributed by atoms with E-state index in [2.05, 4.69) is 0 Å². The maximum absolute atomic E-state index is 13.0. The first-order valence-corrected chi connectivity index (χ1v) is 9.60. The van der Waals surface area contributed by atoms with Crippen molar-refractivity contribution in [2.75, 3.05) is 27.9 Å². The first kappa shape index (κ1) is 21.2. The van der Waals surface area contributed by atoms with Crippen molar-refractivity contribution in [1.82, 2.24) is 4.90 Å². The maximum atomic E-state index is 13.0. The fourth-order valence-electron chi connectivity index (χ4n) is 3.44. The molecule has 0 atom stereocenters. The lowest BCUT2D eigenvalue weighted by Crippen LogP contribution is -2.39. The van der Waals surface area contributed by atoms with Gasteiger partial charge >= 0.3 is 0 Å². The zero-order valence-corrected chi connectivity index (χ0v) is 17.6. The summed E-state index contributed by atoms with van der Waals surface area (Å²) in [6, 6.07) is 11.1. The second kappa shape index (κ2) is 9.31. The van der Waals surface area contributed by atoms with Crippen molar-refractivity contribution in [2.24, 2.45) is 0 Å². The topological polar surface area (TPSA) is 65.1 Å². The molecule has 0 N–H and O–H groups in total. The van der Waals surface area contributed by atoms with Gasteiger partial charge in [-0.15, -0.1) is 0 Å². The van der Waals surface area contributed by atoms with Gasteiger partial charge in [0.25, 0.3) is 11.8 Å². The number of carbonyl (C=O) groups is 2. The Kier molecular flexibility index (Phi) is 6.57. The molecule has 0 saturated carbocycles. The number of nitrogens with zero attached hydrogens (tertiary/aromatic N) is 1. The van der Waals surface area contributed by atoms with E-state index >= 15 is 0 Å². The molecule has 0 radical (unpaired) electrons. The largest absolute Gasteiger partial charge is 0.493 e. The number of imide groups is 1. The van der Waals surface area contributed by atoms with Crippen molar-refractivity contribution in [3.8, 4) is 17.2 Å². The lowest BCUT2D eigenvalue weighted by atomic mass is 9.96. The average Bonchev–Trinajstić information content (AvgIpc) is 2.77. The van der Waals surface area contributed by atoms with Gasteiger partial charge in [-0.3, -0.25) is 14.5 Å². The number of methoxy groups -OCH3 is 3. The van der Waals surface area contributed by atoms with Crippen molar-refractivity contribution in [3.63, 3.8) is 0 Å². The lowest BCUT2D eigenvalue weighted by Gasteiger charge is -2.25. The number of ether oxygens (including phenoxy) is 3. The zero-order chi connectivity index (χ0) is 21.7. The second-order valence-electron chi connectivity index (χ2n) is 6.81. The Balaban J connectivity index is 1.83. The fraction of sp³-hybridized carbons (Fsp3) is 0.250. The monoisotopic (exact) mass is 407 g/mol. The summed E-state index contributed by atoms with van der Waals surface area (Å²) in [7, 11) is 4.59. The van der Waals surface area contributed by atoms with Gasteiger partial charge < -0.3 is 14.2 Å². The van der Waals surface area contributed by atoms with Crippen LogP contribution in [0.25, 0.3) is 11.6 Å². The molecule has 1 aliphatic heterocycles.